The molecule has 0 aromatic heterocycles. The predicted molar refractivity (Wildman–Crippen MR) is 80.8 cm³/mol. The maximum Gasteiger partial charge on any atom is 0.341 e. The number of carboxylic acid groups (broad SMARTS) is 1. The highest BCUT2D eigenvalue weighted by atomic mass is 16.5. The maximum absolute atomic E-state index is 10.7. The van der Waals surface area contributed by atoms with Gasteiger partial charge in [-0.2, -0.15) is 0 Å². The molecular formula is C18H18O3. The second-order valence-electron chi connectivity index (χ2n) is 5.36. The lowest BCUT2D eigenvalue weighted by Gasteiger charge is -2.27. The van der Waals surface area contributed by atoms with Crippen molar-refractivity contribution < 1.29 is 14.6 Å². The van der Waals surface area contributed by atoms with Crippen LogP contribution in [0.5, 0.6) is 5.75 Å². The van der Waals surface area contributed by atoms with E-state index in [1.807, 2.05) is 18.2 Å². The molecule has 0 saturated carbocycles. The Hall–Kier alpha value is -2.29. The van der Waals surface area contributed by atoms with E-state index >= 15 is 0 Å². The molecule has 3 nitrogen and oxygen atoms in total. The first-order valence-electron chi connectivity index (χ1n) is 7.27. The Bertz CT molecular complexity index is 634. The first-order valence-corrected chi connectivity index (χ1v) is 7.27. The van der Waals surface area contributed by atoms with Gasteiger partial charge >= 0.3 is 5.97 Å². The first-order chi connectivity index (χ1) is 10.3. The molecule has 0 radical (unpaired) electrons. The van der Waals surface area contributed by atoms with Crippen LogP contribution in [0.2, 0.25) is 0 Å². The summed E-state index contributed by atoms with van der Waals surface area (Å²) >= 11 is 0. The molecule has 3 rings (SSSR count). The molecule has 1 N–H and O–H groups in total. The van der Waals surface area contributed by atoms with E-state index in [1.165, 1.54) is 16.7 Å². The van der Waals surface area contributed by atoms with E-state index in [4.69, 9.17) is 9.84 Å². The van der Waals surface area contributed by atoms with Gasteiger partial charge in [0.05, 0.1) is 0 Å². The highest BCUT2D eigenvalue weighted by molar-refractivity contribution is 5.68. The zero-order valence-corrected chi connectivity index (χ0v) is 11.8. The molecule has 1 unspecified atom stereocenters. The number of benzene rings is 2. The summed E-state index contributed by atoms with van der Waals surface area (Å²) in [5.74, 6) is 0.155. The third-order valence-corrected chi connectivity index (χ3v) is 4.02. The number of carboxylic acids is 1. The fraction of sp³-hybridized carbons (Fsp3) is 0.278. The molecule has 2 aromatic carbocycles. The summed E-state index contributed by atoms with van der Waals surface area (Å²) in [6.07, 6.45) is 3.17. The number of ether oxygens (including phenoxy) is 1. The lowest BCUT2D eigenvalue weighted by Crippen LogP contribution is -2.15. The number of rotatable bonds is 4. The van der Waals surface area contributed by atoms with E-state index in [1.54, 1.807) is 0 Å². The van der Waals surface area contributed by atoms with Crippen molar-refractivity contribution in [1.82, 2.24) is 0 Å². The van der Waals surface area contributed by atoms with Crippen LogP contribution in [-0.2, 0) is 11.2 Å². The standard InChI is InChI=1S/C18H18O3/c19-18(20)12-21-17-11-5-9-15-14(8-4-10-16(15)17)13-6-2-1-3-7-13/h1-3,5-7,9,11,14H,4,8,10,12H2,(H,19,20). The maximum atomic E-state index is 10.7. The lowest BCUT2D eigenvalue weighted by molar-refractivity contribution is -0.139. The minimum absolute atomic E-state index is 0.285. The van der Waals surface area contributed by atoms with E-state index < -0.39 is 5.97 Å². The van der Waals surface area contributed by atoms with Gasteiger partial charge in [-0.1, -0.05) is 42.5 Å². The average Bonchev–Trinajstić information content (AvgIpc) is 2.53. The Balaban J connectivity index is 1.95. The topological polar surface area (TPSA) is 46.5 Å². The fourth-order valence-electron chi connectivity index (χ4n) is 3.12. The summed E-state index contributed by atoms with van der Waals surface area (Å²) in [5, 5.41) is 8.78. The third kappa shape index (κ3) is 2.92. The van der Waals surface area contributed by atoms with E-state index in [9.17, 15) is 4.79 Å². The van der Waals surface area contributed by atoms with Gasteiger partial charge in [0.15, 0.2) is 6.61 Å². The van der Waals surface area contributed by atoms with Crippen molar-refractivity contribution in [2.45, 2.75) is 25.2 Å². The van der Waals surface area contributed by atoms with Gasteiger partial charge in [0.1, 0.15) is 5.75 Å². The molecule has 0 amide bonds. The molecule has 2 aromatic rings. The predicted octanol–water partition coefficient (Wildman–Crippen LogP) is 3.62. The van der Waals surface area contributed by atoms with Crippen LogP contribution < -0.4 is 4.74 Å². The molecule has 21 heavy (non-hydrogen) atoms. The minimum Gasteiger partial charge on any atom is -0.482 e. The molecule has 108 valence electrons. The molecule has 1 atom stereocenters. The number of hydrogen-bond acceptors (Lipinski definition) is 2. The van der Waals surface area contributed by atoms with Gasteiger partial charge in [-0.25, -0.2) is 4.79 Å². The Labute approximate surface area is 124 Å². The summed E-state index contributed by atoms with van der Waals surface area (Å²) in [6.45, 7) is -0.285. The van der Waals surface area contributed by atoms with Gasteiger partial charge in [0.25, 0.3) is 0 Å². The van der Waals surface area contributed by atoms with Crippen molar-refractivity contribution in [1.29, 1.82) is 0 Å². The minimum atomic E-state index is -0.942. The summed E-state index contributed by atoms with van der Waals surface area (Å²) in [5.41, 5.74) is 3.75. The number of fused-ring (bicyclic) bond motifs is 1. The van der Waals surface area contributed by atoms with Crippen molar-refractivity contribution in [3.63, 3.8) is 0 Å². The smallest absolute Gasteiger partial charge is 0.341 e. The molecular weight excluding hydrogens is 264 g/mol. The summed E-state index contributed by atoms with van der Waals surface area (Å²) < 4.78 is 5.45. The van der Waals surface area contributed by atoms with Crippen LogP contribution in [0.3, 0.4) is 0 Å². The number of carbonyl (C=O) groups is 1. The fourth-order valence-corrected chi connectivity index (χ4v) is 3.12. The molecule has 1 aliphatic rings. The largest absolute Gasteiger partial charge is 0.482 e. The van der Waals surface area contributed by atoms with Crippen LogP contribution in [0, 0.1) is 0 Å². The quantitative estimate of drug-likeness (QED) is 0.931. The monoisotopic (exact) mass is 282 g/mol. The van der Waals surface area contributed by atoms with Gasteiger partial charge in [0.2, 0.25) is 0 Å². The average molecular weight is 282 g/mol. The van der Waals surface area contributed by atoms with E-state index in [-0.39, 0.29) is 6.61 Å². The second-order valence-corrected chi connectivity index (χ2v) is 5.36. The molecule has 1 aliphatic carbocycles. The Morgan fingerprint density at radius 3 is 2.71 bits per heavy atom. The molecule has 0 spiro atoms. The van der Waals surface area contributed by atoms with Gasteiger partial charge in [-0.05, 0) is 42.0 Å². The lowest BCUT2D eigenvalue weighted by atomic mass is 9.78. The van der Waals surface area contributed by atoms with Crippen molar-refractivity contribution in [3.8, 4) is 5.75 Å². The van der Waals surface area contributed by atoms with Crippen LogP contribution in [-0.4, -0.2) is 17.7 Å². The number of aliphatic carboxylic acids is 1. The molecule has 0 aliphatic heterocycles. The molecule has 0 heterocycles. The Morgan fingerprint density at radius 1 is 1.14 bits per heavy atom. The van der Waals surface area contributed by atoms with E-state index in [0.717, 1.165) is 25.0 Å². The zero-order chi connectivity index (χ0) is 14.7. The summed E-state index contributed by atoms with van der Waals surface area (Å²) in [4.78, 5) is 10.7. The van der Waals surface area contributed by atoms with Gasteiger partial charge in [0, 0.05) is 5.92 Å². The van der Waals surface area contributed by atoms with Crippen molar-refractivity contribution in [3.05, 3.63) is 65.2 Å². The molecule has 0 bridgehead atoms. The normalized spacial score (nSPS) is 17.0. The highest BCUT2D eigenvalue weighted by Crippen LogP contribution is 2.40. The van der Waals surface area contributed by atoms with Crippen molar-refractivity contribution in [2.75, 3.05) is 6.61 Å². The van der Waals surface area contributed by atoms with Crippen molar-refractivity contribution >= 4 is 5.97 Å². The molecule has 0 fully saturated rings. The highest BCUT2D eigenvalue weighted by Gasteiger charge is 2.24. The zero-order valence-electron chi connectivity index (χ0n) is 11.8. The van der Waals surface area contributed by atoms with Crippen LogP contribution in [0.15, 0.2) is 48.5 Å². The second kappa shape index (κ2) is 6.00. The van der Waals surface area contributed by atoms with Gasteiger partial charge in [-0.15, -0.1) is 0 Å². The summed E-state index contributed by atoms with van der Waals surface area (Å²) in [7, 11) is 0. The van der Waals surface area contributed by atoms with Crippen LogP contribution >= 0.6 is 0 Å². The van der Waals surface area contributed by atoms with E-state index in [2.05, 4.69) is 30.3 Å². The van der Waals surface area contributed by atoms with Crippen LogP contribution in [0.25, 0.3) is 0 Å². The Morgan fingerprint density at radius 2 is 1.95 bits per heavy atom. The van der Waals surface area contributed by atoms with Gasteiger partial charge < -0.3 is 9.84 Å². The SMILES string of the molecule is O=C(O)COc1cccc2c1CCCC2c1ccccc1. The van der Waals surface area contributed by atoms with Gasteiger partial charge in [-0.3, -0.25) is 0 Å². The van der Waals surface area contributed by atoms with Crippen molar-refractivity contribution in [2.24, 2.45) is 0 Å². The molecule has 3 heteroatoms. The molecule has 0 saturated heterocycles. The van der Waals surface area contributed by atoms with Crippen LogP contribution in [0.1, 0.15) is 35.4 Å². The first kappa shape index (κ1) is 13.7. The third-order valence-electron chi connectivity index (χ3n) is 4.02. The van der Waals surface area contributed by atoms with Crippen LogP contribution in [0.4, 0.5) is 0 Å². The number of hydrogen-bond donors (Lipinski definition) is 1. The Kier molecular flexibility index (Phi) is 3.91. The summed E-state index contributed by atoms with van der Waals surface area (Å²) in [6, 6.07) is 16.4. The van der Waals surface area contributed by atoms with E-state index in [0.29, 0.717) is 5.92 Å².